The Kier molecular flexibility index (Phi) is 10.9. The zero-order valence-corrected chi connectivity index (χ0v) is 40.1. The number of nitrogens with one attached hydrogen (secondary N) is 1. The number of hydrogen-bond acceptors (Lipinski definition) is 8. The lowest BCUT2D eigenvalue weighted by atomic mass is 9.32. The van der Waals surface area contributed by atoms with Crippen LogP contribution in [0.25, 0.3) is 0 Å². The second-order valence-electron chi connectivity index (χ2n) is 24.6. The van der Waals surface area contributed by atoms with Crippen LogP contribution in [0, 0.1) is 73.9 Å². The summed E-state index contributed by atoms with van der Waals surface area (Å²) >= 11 is 0. The van der Waals surface area contributed by atoms with Crippen molar-refractivity contribution in [3.8, 4) is 0 Å². The van der Waals surface area contributed by atoms with Gasteiger partial charge in [-0.05, 0) is 153 Å². The van der Waals surface area contributed by atoms with Gasteiger partial charge in [0.05, 0.1) is 23.3 Å². The second-order valence-corrected chi connectivity index (χ2v) is 26.9. The van der Waals surface area contributed by atoms with Crippen molar-refractivity contribution in [1.82, 2.24) is 10.2 Å². The average molecular weight is 861 g/mol. The van der Waals surface area contributed by atoms with Gasteiger partial charge in [0.2, 0.25) is 0 Å². The minimum absolute atomic E-state index is 0.120. The summed E-state index contributed by atoms with van der Waals surface area (Å²) in [5.74, 6) is 2.98. The molecule has 340 valence electrons. The fourth-order valence-electron chi connectivity index (χ4n) is 16.9. The molecule has 0 bridgehead atoms. The molecule has 8 fully saturated rings. The van der Waals surface area contributed by atoms with Crippen molar-refractivity contribution in [1.29, 1.82) is 0 Å². The van der Waals surface area contributed by atoms with E-state index in [4.69, 9.17) is 9.47 Å². The second kappa shape index (κ2) is 15.0. The Balaban J connectivity index is 0.882. The number of hydrogen-bond donors (Lipinski definition) is 1. The Labute approximate surface area is 369 Å². The van der Waals surface area contributed by atoms with E-state index in [0.717, 1.165) is 30.9 Å². The van der Waals surface area contributed by atoms with Gasteiger partial charge in [-0.2, -0.15) is 0 Å². The van der Waals surface area contributed by atoms with Crippen LogP contribution in [0.5, 0.6) is 0 Å². The highest BCUT2D eigenvalue weighted by atomic mass is 32.2. The third-order valence-corrected chi connectivity index (χ3v) is 23.0. The molecular weight excluding hydrogens is 781 g/mol. The summed E-state index contributed by atoms with van der Waals surface area (Å²) in [7, 11) is -2.89. The molecule has 1 heterocycles. The summed E-state index contributed by atoms with van der Waals surface area (Å²) < 4.78 is 36.8. The summed E-state index contributed by atoms with van der Waals surface area (Å²) in [6, 6.07) is 10.1. The molecule has 1 N–H and O–H groups in total. The molecule has 0 spiro atoms. The predicted octanol–water partition coefficient (Wildman–Crippen LogP) is 9.65. The van der Waals surface area contributed by atoms with E-state index in [1.165, 1.54) is 64.2 Å². The highest BCUT2D eigenvalue weighted by Crippen LogP contribution is 2.78. The zero-order valence-electron chi connectivity index (χ0n) is 39.3. The highest BCUT2D eigenvalue weighted by molar-refractivity contribution is 7.91. The van der Waals surface area contributed by atoms with E-state index in [1.54, 1.807) is 0 Å². The number of fused-ring (bicyclic) bond motifs is 7. The van der Waals surface area contributed by atoms with Crippen molar-refractivity contribution < 1.29 is 27.5 Å². The molecule has 8 nitrogen and oxygen atoms in total. The lowest BCUT2D eigenvalue weighted by Crippen LogP contribution is -2.69. The van der Waals surface area contributed by atoms with Crippen molar-refractivity contribution in [2.45, 2.75) is 170 Å². The standard InChI is InChI=1S/C52H80N2O6S/c1-34(54-27-29-61(57,58)30-28-54)32-53-52-22-17-36(48(6)23-24-48)43(52)37-15-16-41-49(7)20-19-42(47(4,5)40(49)18-21-51(41,9)50(37,8)25-26-52)60-45(56)39-31-38(46(39,2)3)44(55)59-33-35-13-11-10-12-14-35/h10-14,34,36-43,53H,15-33H2,1-9H3/t34-,36+,37+,38-,39+,40-,41+,42-,43+,49-,50+,51+,52-/m0/s1. The lowest BCUT2D eigenvalue weighted by molar-refractivity contribution is -0.250. The van der Waals surface area contributed by atoms with Crippen LogP contribution in [0.1, 0.15) is 151 Å². The maximum atomic E-state index is 14.1. The molecule has 1 aromatic rings. The van der Waals surface area contributed by atoms with Gasteiger partial charge in [-0.25, -0.2) is 8.42 Å². The summed E-state index contributed by atoms with van der Waals surface area (Å²) in [4.78, 5) is 29.7. The molecule has 1 aliphatic heterocycles. The molecule has 9 rings (SSSR count). The molecular formula is C52H80N2O6S. The van der Waals surface area contributed by atoms with E-state index in [-0.39, 0.29) is 63.7 Å². The Morgan fingerprint density at radius 1 is 0.738 bits per heavy atom. The topological polar surface area (TPSA) is 102 Å². The highest BCUT2D eigenvalue weighted by Gasteiger charge is 2.72. The van der Waals surface area contributed by atoms with Crippen LogP contribution in [-0.2, 0) is 35.5 Å². The molecule has 8 aliphatic rings. The SMILES string of the molecule is C[C@@H](CN[C@]12CC[C@@H](C3(C)CC3)[C@@H]1[C@H]1CC[C@@H]3[C@@]4(C)CC[C@H](OC(=O)[C@H]5C[C@@H](C(=O)OCc6ccccc6)C5(C)C)C(C)(C)[C@@H]4CC[C@@]3(C)[C@]1(C)CC2)N1CCS(=O)(=O)CC1. The van der Waals surface area contributed by atoms with Crippen LogP contribution < -0.4 is 5.32 Å². The maximum absolute atomic E-state index is 14.1. The van der Waals surface area contributed by atoms with Gasteiger partial charge < -0.3 is 14.8 Å². The van der Waals surface area contributed by atoms with E-state index >= 15 is 0 Å². The van der Waals surface area contributed by atoms with E-state index in [1.807, 2.05) is 44.2 Å². The number of nitrogens with zero attached hydrogens (tertiary/aromatic N) is 1. The van der Waals surface area contributed by atoms with Gasteiger partial charge in [0, 0.05) is 36.6 Å². The van der Waals surface area contributed by atoms with Gasteiger partial charge in [0.25, 0.3) is 0 Å². The first kappa shape index (κ1) is 44.2. The van der Waals surface area contributed by atoms with Gasteiger partial charge in [0.15, 0.2) is 9.84 Å². The number of esters is 2. The number of benzene rings is 1. The van der Waals surface area contributed by atoms with Crippen LogP contribution in [0.2, 0.25) is 0 Å². The molecule has 0 unspecified atom stereocenters. The molecule has 7 aliphatic carbocycles. The van der Waals surface area contributed by atoms with Crippen molar-refractivity contribution >= 4 is 21.8 Å². The van der Waals surface area contributed by atoms with Crippen molar-refractivity contribution in [3.63, 3.8) is 0 Å². The van der Waals surface area contributed by atoms with Crippen molar-refractivity contribution in [2.24, 2.45) is 73.9 Å². The Hall–Kier alpha value is -1.97. The van der Waals surface area contributed by atoms with Gasteiger partial charge in [-0.15, -0.1) is 0 Å². The number of carbonyl (C=O) groups excluding carboxylic acids is 2. The third kappa shape index (κ3) is 7.03. The summed E-state index contributed by atoms with van der Waals surface area (Å²) in [5, 5.41) is 4.35. The first-order valence-electron chi connectivity index (χ1n) is 24.7. The summed E-state index contributed by atoms with van der Waals surface area (Å²) in [5.41, 5.74) is 1.74. The quantitative estimate of drug-likeness (QED) is 0.232. The van der Waals surface area contributed by atoms with Crippen LogP contribution in [-0.4, -0.2) is 74.1 Å². The van der Waals surface area contributed by atoms with E-state index < -0.39 is 15.3 Å². The average Bonchev–Trinajstić information content (AvgIpc) is 3.83. The van der Waals surface area contributed by atoms with Crippen LogP contribution >= 0.6 is 0 Å². The molecule has 0 amide bonds. The van der Waals surface area contributed by atoms with Crippen LogP contribution in [0.3, 0.4) is 0 Å². The number of carbonyl (C=O) groups is 2. The molecule has 9 heteroatoms. The fourth-order valence-corrected chi connectivity index (χ4v) is 18.1. The maximum Gasteiger partial charge on any atom is 0.309 e. The van der Waals surface area contributed by atoms with Gasteiger partial charge in [-0.3, -0.25) is 14.5 Å². The van der Waals surface area contributed by atoms with Crippen LogP contribution in [0.15, 0.2) is 30.3 Å². The fraction of sp³-hybridized carbons (Fsp3) is 0.846. The summed E-state index contributed by atoms with van der Waals surface area (Å²) in [6.07, 6.45) is 15.4. The molecule has 61 heavy (non-hydrogen) atoms. The van der Waals surface area contributed by atoms with Crippen LogP contribution in [0.4, 0.5) is 0 Å². The summed E-state index contributed by atoms with van der Waals surface area (Å²) in [6.45, 7) is 24.5. The molecule has 0 aromatic heterocycles. The first-order valence-corrected chi connectivity index (χ1v) is 26.5. The molecule has 1 aromatic carbocycles. The first-order chi connectivity index (χ1) is 28.6. The normalized spacial score (nSPS) is 44.5. The minimum Gasteiger partial charge on any atom is -0.462 e. The van der Waals surface area contributed by atoms with E-state index in [9.17, 15) is 18.0 Å². The van der Waals surface area contributed by atoms with Gasteiger partial charge >= 0.3 is 11.9 Å². The minimum atomic E-state index is -2.89. The van der Waals surface area contributed by atoms with E-state index in [0.29, 0.717) is 66.1 Å². The van der Waals surface area contributed by atoms with E-state index in [2.05, 4.69) is 58.7 Å². The number of sulfone groups is 1. The van der Waals surface area contributed by atoms with Gasteiger partial charge in [-0.1, -0.05) is 85.7 Å². The number of rotatable bonds is 10. The third-order valence-electron chi connectivity index (χ3n) is 21.4. The largest absolute Gasteiger partial charge is 0.462 e. The molecule has 1 saturated heterocycles. The predicted molar refractivity (Wildman–Crippen MR) is 241 cm³/mol. The monoisotopic (exact) mass is 861 g/mol. The smallest absolute Gasteiger partial charge is 0.309 e. The lowest BCUT2D eigenvalue weighted by Gasteiger charge is -2.73. The number of ether oxygens (including phenoxy) is 2. The molecule has 13 atom stereocenters. The Morgan fingerprint density at radius 2 is 1.43 bits per heavy atom. The van der Waals surface area contributed by atoms with Crippen molar-refractivity contribution in [3.05, 3.63) is 35.9 Å². The Bertz CT molecular complexity index is 1950. The van der Waals surface area contributed by atoms with Crippen molar-refractivity contribution in [2.75, 3.05) is 31.1 Å². The molecule has 0 radical (unpaired) electrons. The van der Waals surface area contributed by atoms with Gasteiger partial charge in [0.1, 0.15) is 12.7 Å². The zero-order chi connectivity index (χ0) is 43.6. The Morgan fingerprint density at radius 3 is 2.10 bits per heavy atom. The molecule has 7 saturated carbocycles.